The summed E-state index contributed by atoms with van der Waals surface area (Å²) in [7, 11) is -1.50. The Morgan fingerprint density at radius 2 is 2.07 bits per heavy atom. The minimum Gasteiger partial charge on any atom is -0.423 e. The second kappa shape index (κ2) is 3.53. The third-order valence-electron chi connectivity index (χ3n) is 2.22. The first kappa shape index (κ1) is 9.39. The number of ketones is 1. The Bertz CT molecular complexity index is 375. The van der Waals surface area contributed by atoms with Crippen LogP contribution in [0.3, 0.4) is 0 Å². The smallest absolute Gasteiger partial charge is 0.423 e. The quantitative estimate of drug-likeness (QED) is 0.564. The zero-order valence-corrected chi connectivity index (χ0v) is 7.43. The average molecular weight is 192 g/mol. The molecule has 4 nitrogen and oxygen atoms in total. The van der Waals surface area contributed by atoms with Gasteiger partial charge in [-0.2, -0.15) is 0 Å². The second-order valence-corrected chi connectivity index (χ2v) is 3.21. The van der Waals surface area contributed by atoms with Gasteiger partial charge in [0, 0.05) is 5.56 Å². The molecule has 2 rings (SSSR count). The summed E-state index contributed by atoms with van der Waals surface area (Å²) in [6.45, 7) is 0.454. The van der Waals surface area contributed by atoms with Crippen molar-refractivity contribution in [1.82, 2.24) is 0 Å². The maximum Gasteiger partial charge on any atom is 0.488 e. The lowest BCUT2D eigenvalue weighted by molar-refractivity contribution is 0.0665. The van der Waals surface area contributed by atoms with Gasteiger partial charge in [0.15, 0.2) is 5.78 Å². The summed E-state index contributed by atoms with van der Waals surface area (Å²) in [6.07, 6.45) is 0. The van der Waals surface area contributed by atoms with Gasteiger partial charge in [-0.3, -0.25) is 4.79 Å². The van der Waals surface area contributed by atoms with Crippen molar-refractivity contribution in [2.45, 2.75) is 6.61 Å². The Labute approximate surface area is 81.3 Å². The number of Topliss-reactive ketones (excluding diaryl/α,β-unsaturated/α-hetero) is 1. The van der Waals surface area contributed by atoms with E-state index in [9.17, 15) is 4.79 Å². The second-order valence-electron chi connectivity index (χ2n) is 3.21. The zero-order chi connectivity index (χ0) is 10.1. The minimum absolute atomic E-state index is 0.0646. The van der Waals surface area contributed by atoms with E-state index in [4.69, 9.17) is 14.8 Å². The Balaban J connectivity index is 2.44. The van der Waals surface area contributed by atoms with E-state index >= 15 is 0 Å². The van der Waals surface area contributed by atoms with Crippen molar-refractivity contribution in [3.8, 4) is 0 Å². The molecular weight excluding hydrogens is 183 g/mol. The summed E-state index contributed by atoms with van der Waals surface area (Å²) < 4.78 is 5.03. The Kier molecular flexibility index (Phi) is 2.37. The van der Waals surface area contributed by atoms with Crippen LogP contribution < -0.4 is 5.46 Å². The highest BCUT2D eigenvalue weighted by Crippen LogP contribution is 2.14. The maximum absolute atomic E-state index is 11.3. The van der Waals surface area contributed by atoms with Crippen LogP contribution in [0.2, 0.25) is 0 Å². The van der Waals surface area contributed by atoms with Gasteiger partial charge in [0.1, 0.15) is 6.61 Å². The van der Waals surface area contributed by atoms with Crippen LogP contribution in [0.25, 0.3) is 0 Å². The number of benzene rings is 1. The Hall–Kier alpha value is -1.17. The van der Waals surface area contributed by atoms with Crippen molar-refractivity contribution in [2.24, 2.45) is 0 Å². The van der Waals surface area contributed by atoms with E-state index in [1.54, 1.807) is 12.1 Å². The molecule has 1 aliphatic heterocycles. The number of carbonyl (C=O) groups is 1. The van der Waals surface area contributed by atoms with Crippen molar-refractivity contribution < 1.29 is 19.6 Å². The van der Waals surface area contributed by atoms with Gasteiger partial charge in [0.2, 0.25) is 0 Å². The molecule has 0 spiro atoms. The fourth-order valence-electron chi connectivity index (χ4n) is 1.50. The molecule has 1 aromatic carbocycles. The van der Waals surface area contributed by atoms with Crippen molar-refractivity contribution in [3.63, 3.8) is 0 Å². The summed E-state index contributed by atoms with van der Waals surface area (Å²) in [5.41, 5.74) is 1.70. The Morgan fingerprint density at radius 1 is 1.29 bits per heavy atom. The fraction of sp³-hybridized carbons (Fsp3) is 0.222. The lowest BCUT2D eigenvalue weighted by Crippen LogP contribution is -2.31. The third-order valence-corrected chi connectivity index (χ3v) is 2.22. The van der Waals surface area contributed by atoms with Crippen LogP contribution in [0.1, 0.15) is 15.9 Å². The largest absolute Gasteiger partial charge is 0.488 e. The first-order chi connectivity index (χ1) is 6.68. The molecule has 1 aliphatic rings. The number of rotatable bonds is 1. The molecule has 0 saturated heterocycles. The molecule has 0 radical (unpaired) electrons. The normalized spacial score (nSPS) is 15.1. The van der Waals surface area contributed by atoms with Gasteiger partial charge in [0.05, 0.1) is 6.61 Å². The minimum atomic E-state index is -1.50. The van der Waals surface area contributed by atoms with Gasteiger partial charge in [-0.05, 0) is 11.0 Å². The van der Waals surface area contributed by atoms with Crippen LogP contribution in [-0.4, -0.2) is 29.6 Å². The van der Waals surface area contributed by atoms with Crippen molar-refractivity contribution in [3.05, 3.63) is 29.3 Å². The predicted octanol–water partition coefficient (Wildman–Crippen LogP) is -0.921. The Morgan fingerprint density at radius 3 is 2.79 bits per heavy atom. The molecular formula is C9H9BO4. The average Bonchev–Trinajstić information content (AvgIpc) is 2.17. The van der Waals surface area contributed by atoms with E-state index in [1.807, 2.05) is 0 Å². The zero-order valence-electron chi connectivity index (χ0n) is 7.43. The van der Waals surface area contributed by atoms with Crippen LogP contribution in [-0.2, 0) is 11.3 Å². The molecule has 0 saturated carbocycles. The van der Waals surface area contributed by atoms with E-state index in [-0.39, 0.29) is 12.4 Å². The molecule has 0 atom stereocenters. The molecule has 0 fully saturated rings. The predicted molar refractivity (Wildman–Crippen MR) is 50.3 cm³/mol. The number of hydrogen-bond acceptors (Lipinski definition) is 4. The summed E-state index contributed by atoms with van der Waals surface area (Å²) in [4.78, 5) is 11.3. The molecule has 0 bridgehead atoms. The number of hydrogen-bond donors (Lipinski definition) is 2. The number of carbonyl (C=O) groups excluding carboxylic acids is 1. The molecule has 1 aromatic rings. The van der Waals surface area contributed by atoms with Crippen LogP contribution in [0, 0.1) is 0 Å². The summed E-state index contributed by atoms with van der Waals surface area (Å²) in [5.74, 6) is -0.0646. The van der Waals surface area contributed by atoms with Gasteiger partial charge in [-0.15, -0.1) is 0 Å². The van der Waals surface area contributed by atoms with Gasteiger partial charge in [0.25, 0.3) is 0 Å². The van der Waals surface area contributed by atoms with E-state index in [1.165, 1.54) is 6.07 Å². The summed E-state index contributed by atoms with van der Waals surface area (Å²) >= 11 is 0. The van der Waals surface area contributed by atoms with E-state index in [0.29, 0.717) is 23.2 Å². The number of ether oxygens (including phenoxy) is 1. The molecule has 2 N–H and O–H groups in total. The highest BCUT2D eigenvalue weighted by atomic mass is 16.5. The SMILES string of the molecule is O=C1COCc2cc(B(O)O)ccc21. The molecule has 0 aromatic heterocycles. The van der Waals surface area contributed by atoms with Crippen molar-refractivity contribution >= 4 is 18.4 Å². The molecule has 0 aliphatic carbocycles. The van der Waals surface area contributed by atoms with Crippen molar-refractivity contribution in [2.75, 3.05) is 6.61 Å². The van der Waals surface area contributed by atoms with Crippen molar-refractivity contribution in [1.29, 1.82) is 0 Å². The molecule has 14 heavy (non-hydrogen) atoms. The monoisotopic (exact) mass is 192 g/mol. The lowest BCUT2D eigenvalue weighted by Gasteiger charge is -2.15. The maximum atomic E-state index is 11.3. The third kappa shape index (κ3) is 1.57. The standard InChI is InChI=1S/C9H9BO4/c11-9-5-14-4-6-3-7(10(12)13)1-2-8(6)9/h1-3,12-13H,4-5H2. The van der Waals surface area contributed by atoms with Gasteiger partial charge in [-0.25, -0.2) is 0 Å². The van der Waals surface area contributed by atoms with E-state index in [2.05, 4.69) is 0 Å². The topological polar surface area (TPSA) is 66.8 Å². The van der Waals surface area contributed by atoms with Gasteiger partial charge >= 0.3 is 7.12 Å². The first-order valence-corrected chi connectivity index (χ1v) is 4.28. The van der Waals surface area contributed by atoms with E-state index in [0.717, 1.165) is 0 Å². The molecule has 5 heteroatoms. The molecule has 0 amide bonds. The van der Waals surface area contributed by atoms with Crippen LogP contribution >= 0.6 is 0 Å². The fourth-order valence-corrected chi connectivity index (χ4v) is 1.50. The summed E-state index contributed by atoms with van der Waals surface area (Å²) in [6, 6.07) is 4.72. The number of fused-ring (bicyclic) bond motifs is 1. The summed E-state index contributed by atoms with van der Waals surface area (Å²) in [5, 5.41) is 17.8. The van der Waals surface area contributed by atoms with Gasteiger partial charge < -0.3 is 14.8 Å². The first-order valence-electron chi connectivity index (χ1n) is 4.28. The highest BCUT2D eigenvalue weighted by Gasteiger charge is 2.20. The van der Waals surface area contributed by atoms with Gasteiger partial charge in [-0.1, -0.05) is 18.2 Å². The molecule has 0 unspecified atom stereocenters. The van der Waals surface area contributed by atoms with Crippen LogP contribution in [0.4, 0.5) is 0 Å². The molecule has 72 valence electrons. The lowest BCUT2D eigenvalue weighted by atomic mass is 9.78. The van der Waals surface area contributed by atoms with Crippen LogP contribution in [0.15, 0.2) is 18.2 Å². The van der Waals surface area contributed by atoms with E-state index < -0.39 is 7.12 Å². The molecule has 1 heterocycles. The van der Waals surface area contributed by atoms with Crippen LogP contribution in [0.5, 0.6) is 0 Å². The highest BCUT2D eigenvalue weighted by molar-refractivity contribution is 6.58.